The third-order valence-corrected chi connectivity index (χ3v) is 3.55. The molecule has 0 aromatic carbocycles. The number of H-pyrrole nitrogens is 1. The molecule has 1 saturated heterocycles. The smallest absolute Gasteiger partial charge is 0.303 e. The van der Waals surface area contributed by atoms with Gasteiger partial charge in [0.2, 0.25) is 0 Å². The highest BCUT2D eigenvalue weighted by atomic mass is 16.4. The molecule has 0 aliphatic carbocycles. The fourth-order valence-corrected chi connectivity index (χ4v) is 2.62. The van der Waals surface area contributed by atoms with Crippen LogP contribution in [0.2, 0.25) is 0 Å². The van der Waals surface area contributed by atoms with Crippen LogP contribution < -0.4 is 0 Å². The summed E-state index contributed by atoms with van der Waals surface area (Å²) in [5.74, 6) is 0.282. The Morgan fingerprint density at radius 2 is 2.44 bits per heavy atom. The van der Waals surface area contributed by atoms with Crippen molar-refractivity contribution < 1.29 is 9.90 Å². The number of aromatic amines is 1. The van der Waals surface area contributed by atoms with Gasteiger partial charge in [0, 0.05) is 24.4 Å². The first-order chi connectivity index (χ1) is 8.65. The maximum atomic E-state index is 10.7. The lowest BCUT2D eigenvalue weighted by Crippen LogP contribution is -2.39. The molecule has 1 aliphatic heterocycles. The normalized spacial score (nSPS) is 21.1. The van der Waals surface area contributed by atoms with Crippen LogP contribution in [0, 0.1) is 6.92 Å². The number of imidazole rings is 1. The van der Waals surface area contributed by atoms with Gasteiger partial charge in [0.15, 0.2) is 0 Å². The van der Waals surface area contributed by atoms with Gasteiger partial charge in [-0.15, -0.1) is 0 Å². The molecule has 0 amide bonds. The van der Waals surface area contributed by atoms with Crippen LogP contribution in [0.1, 0.15) is 43.6 Å². The quantitative estimate of drug-likeness (QED) is 0.839. The standard InChI is InChI=1S/C13H21N3O2/c1-10-8-14-12(15-10)9-16-7-3-2-4-11(16)5-6-13(17)18/h8,11H,2-7,9H2,1H3,(H,14,15)(H,17,18). The molecule has 1 aliphatic rings. The summed E-state index contributed by atoms with van der Waals surface area (Å²) in [6.45, 7) is 3.84. The van der Waals surface area contributed by atoms with Crippen molar-refractivity contribution in [2.45, 2.75) is 51.6 Å². The average molecular weight is 251 g/mol. The molecule has 100 valence electrons. The summed E-state index contributed by atoms with van der Waals surface area (Å²) in [5.41, 5.74) is 1.07. The van der Waals surface area contributed by atoms with E-state index in [1.807, 2.05) is 13.1 Å². The average Bonchev–Trinajstić information content (AvgIpc) is 2.73. The number of aryl methyl sites for hydroxylation is 1. The van der Waals surface area contributed by atoms with Gasteiger partial charge in [-0.1, -0.05) is 6.42 Å². The van der Waals surface area contributed by atoms with E-state index in [-0.39, 0.29) is 6.42 Å². The van der Waals surface area contributed by atoms with Gasteiger partial charge in [-0.3, -0.25) is 9.69 Å². The van der Waals surface area contributed by atoms with Crippen LogP contribution in [0.3, 0.4) is 0 Å². The Bertz CT molecular complexity index is 403. The molecule has 1 aromatic rings. The van der Waals surface area contributed by atoms with Crippen molar-refractivity contribution in [2.75, 3.05) is 6.54 Å². The molecule has 2 rings (SSSR count). The van der Waals surface area contributed by atoms with E-state index in [0.29, 0.717) is 6.04 Å². The number of hydrogen-bond acceptors (Lipinski definition) is 3. The first-order valence-corrected chi connectivity index (χ1v) is 6.61. The Kier molecular flexibility index (Phi) is 4.36. The molecule has 5 heteroatoms. The summed E-state index contributed by atoms with van der Waals surface area (Å²) < 4.78 is 0. The topological polar surface area (TPSA) is 69.2 Å². The van der Waals surface area contributed by atoms with Gasteiger partial charge in [-0.05, 0) is 32.7 Å². The number of rotatable bonds is 5. The largest absolute Gasteiger partial charge is 0.481 e. The predicted octanol–water partition coefficient (Wildman–Crippen LogP) is 1.94. The molecular weight excluding hydrogens is 230 g/mol. The number of nitrogens with zero attached hydrogens (tertiary/aromatic N) is 2. The van der Waals surface area contributed by atoms with Crippen molar-refractivity contribution in [3.05, 3.63) is 17.7 Å². The van der Waals surface area contributed by atoms with Crippen LogP contribution in [0.5, 0.6) is 0 Å². The van der Waals surface area contributed by atoms with E-state index in [0.717, 1.165) is 37.4 Å². The summed E-state index contributed by atoms with van der Waals surface area (Å²) in [7, 11) is 0. The third-order valence-electron chi connectivity index (χ3n) is 3.55. The molecule has 1 atom stereocenters. The molecule has 1 aromatic heterocycles. The monoisotopic (exact) mass is 251 g/mol. The Hall–Kier alpha value is -1.36. The summed E-state index contributed by atoms with van der Waals surface area (Å²) in [6, 6.07) is 0.389. The zero-order valence-corrected chi connectivity index (χ0v) is 10.9. The lowest BCUT2D eigenvalue weighted by molar-refractivity contribution is -0.137. The lowest BCUT2D eigenvalue weighted by Gasteiger charge is -2.35. The summed E-state index contributed by atoms with van der Waals surface area (Å²) in [4.78, 5) is 20.6. The highest BCUT2D eigenvalue weighted by Gasteiger charge is 2.23. The zero-order valence-electron chi connectivity index (χ0n) is 10.9. The van der Waals surface area contributed by atoms with Crippen LogP contribution in [-0.4, -0.2) is 38.5 Å². The summed E-state index contributed by atoms with van der Waals surface area (Å²) in [6.07, 6.45) is 6.35. The van der Waals surface area contributed by atoms with Gasteiger partial charge in [0.1, 0.15) is 5.82 Å². The van der Waals surface area contributed by atoms with E-state index >= 15 is 0 Å². The fraction of sp³-hybridized carbons (Fsp3) is 0.692. The summed E-state index contributed by atoms with van der Waals surface area (Å²) in [5, 5.41) is 8.79. The predicted molar refractivity (Wildman–Crippen MR) is 68.2 cm³/mol. The van der Waals surface area contributed by atoms with Crippen LogP contribution in [0.25, 0.3) is 0 Å². The number of hydrogen-bond donors (Lipinski definition) is 2. The van der Waals surface area contributed by atoms with Crippen molar-refractivity contribution in [1.82, 2.24) is 14.9 Å². The number of aliphatic carboxylic acids is 1. The van der Waals surface area contributed by atoms with E-state index in [1.54, 1.807) is 0 Å². The number of piperidine rings is 1. The third kappa shape index (κ3) is 3.57. The van der Waals surface area contributed by atoms with Gasteiger partial charge in [-0.2, -0.15) is 0 Å². The molecule has 1 fully saturated rings. The van der Waals surface area contributed by atoms with Crippen molar-refractivity contribution in [2.24, 2.45) is 0 Å². The highest BCUT2D eigenvalue weighted by Crippen LogP contribution is 2.22. The van der Waals surface area contributed by atoms with Gasteiger partial charge in [0.05, 0.1) is 6.54 Å². The van der Waals surface area contributed by atoms with Crippen molar-refractivity contribution >= 4 is 5.97 Å². The van der Waals surface area contributed by atoms with Crippen molar-refractivity contribution in [3.63, 3.8) is 0 Å². The maximum Gasteiger partial charge on any atom is 0.303 e. The molecule has 18 heavy (non-hydrogen) atoms. The van der Waals surface area contributed by atoms with Gasteiger partial charge < -0.3 is 10.1 Å². The van der Waals surface area contributed by atoms with Gasteiger partial charge in [-0.25, -0.2) is 4.98 Å². The minimum absolute atomic E-state index is 0.262. The maximum absolute atomic E-state index is 10.7. The second kappa shape index (κ2) is 6.00. The van der Waals surface area contributed by atoms with Gasteiger partial charge >= 0.3 is 5.97 Å². The van der Waals surface area contributed by atoms with Crippen LogP contribution >= 0.6 is 0 Å². The Balaban J connectivity index is 1.92. The lowest BCUT2D eigenvalue weighted by atomic mass is 9.98. The van der Waals surface area contributed by atoms with Gasteiger partial charge in [0.25, 0.3) is 0 Å². The van der Waals surface area contributed by atoms with Crippen LogP contribution in [0.15, 0.2) is 6.20 Å². The second-order valence-corrected chi connectivity index (χ2v) is 5.07. The number of nitrogens with one attached hydrogen (secondary N) is 1. The van der Waals surface area contributed by atoms with E-state index in [2.05, 4.69) is 14.9 Å². The minimum Gasteiger partial charge on any atom is -0.481 e. The minimum atomic E-state index is -0.700. The molecule has 2 N–H and O–H groups in total. The number of carboxylic acids is 1. The second-order valence-electron chi connectivity index (χ2n) is 5.07. The van der Waals surface area contributed by atoms with E-state index in [4.69, 9.17) is 5.11 Å². The molecule has 0 radical (unpaired) electrons. The number of carboxylic acid groups (broad SMARTS) is 1. The van der Waals surface area contributed by atoms with E-state index < -0.39 is 5.97 Å². The molecule has 0 saturated carbocycles. The first-order valence-electron chi connectivity index (χ1n) is 6.61. The molecule has 0 bridgehead atoms. The summed E-state index contributed by atoms with van der Waals surface area (Å²) >= 11 is 0. The number of likely N-dealkylation sites (tertiary alicyclic amines) is 1. The number of carbonyl (C=O) groups is 1. The fourth-order valence-electron chi connectivity index (χ4n) is 2.62. The first kappa shape index (κ1) is 13.1. The van der Waals surface area contributed by atoms with Crippen molar-refractivity contribution in [3.8, 4) is 0 Å². The molecule has 0 spiro atoms. The van der Waals surface area contributed by atoms with E-state index in [1.165, 1.54) is 12.8 Å². The number of aromatic nitrogens is 2. The Morgan fingerprint density at radius 3 is 3.11 bits per heavy atom. The molecular formula is C13H21N3O2. The molecule has 5 nitrogen and oxygen atoms in total. The molecule has 1 unspecified atom stereocenters. The van der Waals surface area contributed by atoms with Crippen molar-refractivity contribution in [1.29, 1.82) is 0 Å². The highest BCUT2D eigenvalue weighted by molar-refractivity contribution is 5.66. The van der Waals surface area contributed by atoms with Crippen LogP contribution in [-0.2, 0) is 11.3 Å². The van der Waals surface area contributed by atoms with Crippen LogP contribution in [0.4, 0.5) is 0 Å². The SMILES string of the molecule is Cc1cnc(CN2CCCCC2CCC(=O)O)[nH]1. The Morgan fingerprint density at radius 1 is 1.61 bits per heavy atom. The van der Waals surface area contributed by atoms with E-state index in [9.17, 15) is 4.79 Å². The molecule has 2 heterocycles. The zero-order chi connectivity index (χ0) is 13.0. The Labute approximate surface area is 107 Å².